The van der Waals surface area contributed by atoms with Crippen molar-refractivity contribution in [3.8, 4) is 11.1 Å². The Morgan fingerprint density at radius 1 is 1.00 bits per heavy atom. The van der Waals surface area contributed by atoms with Gasteiger partial charge in [0.2, 0.25) is 0 Å². The molecule has 0 aliphatic carbocycles. The van der Waals surface area contributed by atoms with E-state index >= 15 is 0 Å². The van der Waals surface area contributed by atoms with Crippen LogP contribution in [-0.2, 0) is 6.54 Å². The van der Waals surface area contributed by atoms with Crippen molar-refractivity contribution in [3.05, 3.63) is 47.9 Å². The molecule has 1 amide bonds. The zero-order valence-electron chi connectivity index (χ0n) is 21.8. The fourth-order valence-electron chi connectivity index (χ4n) is 5.68. The maximum Gasteiger partial charge on any atom is 0.272 e. The number of aromatic amines is 1. The summed E-state index contributed by atoms with van der Waals surface area (Å²) < 4.78 is 0. The lowest BCUT2D eigenvalue weighted by atomic mass is 10.0. The number of aromatic nitrogens is 3. The standard InChI is InChI=1S/C29H40N6O/c1-21(2)19-35-13-9-25(10-14-35)31-29(36)28-26-16-23(7-8-27(26)32-33-28)24-15-22(17-30-18-24)20-34-11-5-3-4-6-12-34/h7-8,15-18,21,25H,3-6,9-14,19-20H2,1-2H3,(H,31,36)(H,32,33). The van der Waals surface area contributed by atoms with Crippen LogP contribution >= 0.6 is 0 Å². The van der Waals surface area contributed by atoms with Crippen LogP contribution in [0.25, 0.3) is 22.0 Å². The second kappa shape index (κ2) is 11.5. The molecule has 192 valence electrons. The Balaban J connectivity index is 1.28. The molecule has 2 N–H and O–H groups in total. The Bertz CT molecular complexity index is 1160. The number of nitrogens with one attached hydrogen (secondary N) is 2. The Morgan fingerprint density at radius 3 is 2.53 bits per heavy atom. The molecule has 36 heavy (non-hydrogen) atoms. The van der Waals surface area contributed by atoms with Gasteiger partial charge in [-0.2, -0.15) is 5.10 Å². The molecule has 7 heteroatoms. The number of piperidine rings is 1. The maximum atomic E-state index is 13.2. The van der Waals surface area contributed by atoms with Crippen LogP contribution in [0.3, 0.4) is 0 Å². The van der Waals surface area contributed by atoms with Crippen molar-refractivity contribution in [2.75, 3.05) is 32.7 Å². The first-order valence-electron chi connectivity index (χ1n) is 13.7. The topological polar surface area (TPSA) is 77.1 Å². The number of carbonyl (C=O) groups excluding carboxylic acids is 1. The van der Waals surface area contributed by atoms with Crippen molar-refractivity contribution < 1.29 is 4.79 Å². The van der Waals surface area contributed by atoms with E-state index in [1.807, 2.05) is 18.5 Å². The molecular formula is C29H40N6O. The molecule has 0 unspecified atom stereocenters. The first-order valence-corrected chi connectivity index (χ1v) is 13.7. The summed E-state index contributed by atoms with van der Waals surface area (Å²) in [7, 11) is 0. The van der Waals surface area contributed by atoms with E-state index in [1.54, 1.807) is 0 Å². The summed E-state index contributed by atoms with van der Waals surface area (Å²) in [6.07, 6.45) is 11.1. The molecule has 5 rings (SSSR count). The Hall–Kier alpha value is -2.77. The highest BCUT2D eigenvalue weighted by Crippen LogP contribution is 2.26. The molecule has 2 aliphatic heterocycles. The van der Waals surface area contributed by atoms with E-state index in [2.05, 4.69) is 62.3 Å². The molecule has 0 bridgehead atoms. The van der Waals surface area contributed by atoms with Gasteiger partial charge in [-0.1, -0.05) is 32.8 Å². The zero-order valence-corrected chi connectivity index (χ0v) is 21.8. The minimum atomic E-state index is -0.0891. The number of pyridine rings is 1. The average molecular weight is 489 g/mol. The number of hydrogen-bond donors (Lipinski definition) is 2. The molecule has 2 fully saturated rings. The maximum absolute atomic E-state index is 13.2. The average Bonchev–Trinajstić information content (AvgIpc) is 3.13. The zero-order chi connectivity index (χ0) is 24.9. The van der Waals surface area contributed by atoms with Gasteiger partial charge in [-0.25, -0.2) is 0 Å². The predicted octanol–water partition coefficient (Wildman–Crippen LogP) is 4.85. The first-order chi connectivity index (χ1) is 17.5. The van der Waals surface area contributed by atoms with E-state index in [0.717, 1.165) is 61.1 Å². The van der Waals surface area contributed by atoms with Crippen LogP contribution in [-0.4, -0.2) is 69.7 Å². The number of benzene rings is 1. The molecule has 7 nitrogen and oxygen atoms in total. The molecule has 2 aromatic heterocycles. The number of hydrogen-bond acceptors (Lipinski definition) is 5. The van der Waals surface area contributed by atoms with Crippen LogP contribution < -0.4 is 5.32 Å². The number of carbonyl (C=O) groups is 1. The van der Waals surface area contributed by atoms with Gasteiger partial charge in [0.25, 0.3) is 5.91 Å². The molecular weight excluding hydrogens is 448 g/mol. The van der Waals surface area contributed by atoms with Crippen molar-refractivity contribution in [1.29, 1.82) is 0 Å². The monoisotopic (exact) mass is 488 g/mol. The van der Waals surface area contributed by atoms with E-state index in [9.17, 15) is 4.79 Å². The van der Waals surface area contributed by atoms with Gasteiger partial charge >= 0.3 is 0 Å². The van der Waals surface area contributed by atoms with E-state index in [4.69, 9.17) is 0 Å². The lowest BCUT2D eigenvalue weighted by molar-refractivity contribution is 0.0904. The van der Waals surface area contributed by atoms with Crippen LogP contribution in [0.15, 0.2) is 36.7 Å². The minimum Gasteiger partial charge on any atom is -0.348 e. The number of nitrogens with zero attached hydrogens (tertiary/aromatic N) is 4. The van der Waals surface area contributed by atoms with Crippen molar-refractivity contribution in [2.24, 2.45) is 5.92 Å². The highest BCUT2D eigenvalue weighted by atomic mass is 16.2. The van der Waals surface area contributed by atoms with Gasteiger partial charge in [0.05, 0.1) is 5.52 Å². The summed E-state index contributed by atoms with van der Waals surface area (Å²) in [5.41, 5.74) is 4.73. The second-order valence-corrected chi connectivity index (χ2v) is 11.0. The molecule has 0 saturated carbocycles. The van der Waals surface area contributed by atoms with E-state index in [1.165, 1.54) is 44.3 Å². The number of H-pyrrole nitrogens is 1. The third-order valence-electron chi connectivity index (χ3n) is 7.56. The van der Waals surface area contributed by atoms with Crippen molar-refractivity contribution in [3.63, 3.8) is 0 Å². The number of amides is 1. The van der Waals surface area contributed by atoms with E-state index < -0.39 is 0 Å². The highest BCUT2D eigenvalue weighted by molar-refractivity contribution is 6.05. The van der Waals surface area contributed by atoms with E-state index in [-0.39, 0.29) is 11.9 Å². The van der Waals surface area contributed by atoms with Gasteiger partial charge in [0, 0.05) is 55.6 Å². The molecule has 0 radical (unpaired) electrons. The number of fused-ring (bicyclic) bond motifs is 1. The molecule has 3 aromatic rings. The van der Waals surface area contributed by atoms with Gasteiger partial charge in [-0.3, -0.25) is 19.8 Å². The van der Waals surface area contributed by atoms with Gasteiger partial charge < -0.3 is 10.2 Å². The van der Waals surface area contributed by atoms with Gasteiger partial charge in [0.1, 0.15) is 0 Å². The van der Waals surface area contributed by atoms with Crippen LogP contribution in [0, 0.1) is 5.92 Å². The summed E-state index contributed by atoms with van der Waals surface area (Å²) in [4.78, 5) is 22.8. The van der Waals surface area contributed by atoms with Crippen LogP contribution in [0.2, 0.25) is 0 Å². The second-order valence-electron chi connectivity index (χ2n) is 11.0. The molecule has 0 spiro atoms. The van der Waals surface area contributed by atoms with Gasteiger partial charge in [-0.05, 0) is 74.0 Å². The number of rotatable bonds is 7. The van der Waals surface area contributed by atoms with Gasteiger partial charge in [-0.15, -0.1) is 0 Å². The summed E-state index contributed by atoms with van der Waals surface area (Å²) in [5.74, 6) is 0.583. The summed E-state index contributed by atoms with van der Waals surface area (Å²) in [6.45, 7) is 11.0. The highest BCUT2D eigenvalue weighted by Gasteiger charge is 2.23. The fraction of sp³-hybridized carbons (Fsp3) is 0.552. The largest absolute Gasteiger partial charge is 0.348 e. The summed E-state index contributed by atoms with van der Waals surface area (Å²) in [6, 6.07) is 8.62. The molecule has 2 saturated heterocycles. The third-order valence-corrected chi connectivity index (χ3v) is 7.56. The molecule has 4 heterocycles. The quantitative estimate of drug-likeness (QED) is 0.497. The lowest BCUT2D eigenvalue weighted by Gasteiger charge is -2.33. The lowest BCUT2D eigenvalue weighted by Crippen LogP contribution is -2.45. The van der Waals surface area contributed by atoms with Crippen LogP contribution in [0.5, 0.6) is 0 Å². The van der Waals surface area contributed by atoms with Crippen molar-refractivity contribution in [2.45, 2.75) is 65.0 Å². The normalized spacial score (nSPS) is 18.5. The minimum absolute atomic E-state index is 0.0891. The predicted molar refractivity (Wildman–Crippen MR) is 145 cm³/mol. The Kier molecular flexibility index (Phi) is 7.97. The van der Waals surface area contributed by atoms with Crippen LogP contribution in [0.4, 0.5) is 0 Å². The molecule has 2 aliphatic rings. The number of likely N-dealkylation sites (tertiary alicyclic amines) is 2. The third kappa shape index (κ3) is 6.13. The van der Waals surface area contributed by atoms with Gasteiger partial charge in [0.15, 0.2) is 5.69 Å². The summed E-state index contributed by atoms with van der Waals surface area (Å²) in [5, 5.41) is 11.5. The smallest absolute Gasteiger partial charge is 0.272 e. The summed E-state index contributed by atoms with van der Waals surface area (Å²) >= 11 is 0. The fourth-order valence-corrected chi connectivity index (χ4v) is 5.68. The molecule has 0 atom stereocenters. The van der Waals surface area contributed by atoms with E-state index in [0.29, 0.717) is 11.6 Å². The van der Waals surface area contributed by atoms with Crippen molar-refractivity contribution >= 4 is 16.8 Å². The SMILES string of the molecule is CC(C)CN1CCC(NC(=O)c2n[nH]c3ccc(-c4cncc(CN5CCCCCC5)c4)cc23)CC1. The first kappa shape index (κ1) is 24.9. The Labute approximate surface area is 214 Å². The van der Waals surface area contributed by atoms with Crippen LogP contribution in [0.1, 0.15) is 68.4 Å². The van der Waals surface area contributed by atoms with Crippen molar-refractivity contribution in [1.82, 2.24) is 30.3 Å². The Morgan fingerprint density at radius 2 is 1.78 bits per heavy atom. The molecule has 1 aromatic carbocycles.